The summed E-state index contributed by atoms with van der Waals surface area (Å²) in [5.41, 5.74) is 0. The van der Waals surface area contributed by atoms with Gasteiger partial charge in [-0.1, -0.05) is 19.3 Å². The Morgan fingerprint density at radius 2 is 2.00 bits per heavy atom. The molecule has 3 unspecified atom stereocenters. The van der Waals surface area contributed by atoms with E-state index >= 15 is 0 Å². The quantitative estimate of drug-likeness (QED) is 0.738. The Morgan fingerprint density at radius 1 is 1.29 bits per heavy atom. The first kappa shape index (κ1) is 15.3. The van der Waals surface area contributed by atoms with E-state index in [9.17, 15) is 0 Å². The number of hydrogen-bond acceptors (Lipinski definition) is 3. The Hall–Kier alpha value is 0.270. The minimum atomic E-state index is 0.700. The summed E-state index contributed by atoms with van der Waals surface area (Å²) in [4.78, 5) is 2.55. The highest BCUT2D eigenvalue weighted by Crippen LogP contribution is 2.24. The summed E-state index contributed by atoms with van der Waals surface area (Å²) in [6, 6.07) is 1.44. The molecule has 1 N–H and O–H groups in total. The summed E-state index contributed by atoms with van der Waals surface area (Å²) in [6.07, 6.45) is 9.23. The molecule has 1 fully saturated rings. The minimum absolute atomic E-state index is 0.700. The molecule has 0 aromatic heterocycles. The molecule has 0 aliphatic heterocycles. The monoisotopic (exact) mass is 258 g/mol. The predicted octanol–water partition coefficient (Wildman–Crippen LogP) is 2.84. The molecule has 0 aromatic rings. The van der Waals surface area contributed by atoms with Crippen LogP contribution in [0.3, 0.4) is 0 Å². The van der Waals surface area contributed by atoms with Gasteiger partial charge in [0.1, 0.15) is 0 Å². The van der Waals surface area contributed by atoms with Crippen LogP contribution in [0.25, 0.3) is 0 Å². The van der Waals surface area contributed by atoms with Crippen LogP contribution < -0.4 is 5.32 Å². The van der Waals surface area contributed by atoms with Crippen molar-refractivity contribution in [3.05, 3.63) is 0 Å². The lowest BCUT2D eigenvalue weighted by atomic mass is 9.94. The molecule has 1 aliphatic rings. The van der Waals surface area contributed by atoms with E-state index in [4.69, 9.17) is 0 Å². The first-order valence-corrected chi connectivity index (χ1v) is 8.44. The Bertz CT molecular complexity index is 199. The molecule has 0 radical (unpaired) electrons. The largest absolute Gasteiger partial charge is 0.317 e. The molecule has 2 nitrogen and oxygen atoms in total. The third-order valence-electron chi connectivity index (χ3n) is 4.21. The maximum atomic E-state index is 3.54. The standard InChI is InChI=1S/C14H30N2S/c1-12(11-17-4)16(3)10-13-8-6-5-7-9-14(13)15-2/h12-15H,5-11H2,1-4H3. The molecular formula is C14H30N2S. The van der Waals surface area contributed by atoms with Gasteiger partial charge in [-0.2, -0.15) is 11.8 Å². The molecule has 0 heterocycles. The van der Waals surface area contributed by atoms with E-state index in [0.29, 0.717) is 6.04 Å². The number of thioether (sulfide) groups is 1. The van der Waals surface area contributed by atoms with E-state index < -0.39 is 0 Å². The maximum absolute atomic E-state index is 3.54. The highest BCUT2D eigenvalue weighted by Gasteiger charge is 2.24. The average molecular weight is 258 g/mol. The van der Waals surface area contributed by atoms with Crippen LogP contribution >= 0.6 is 11.8 Å². The molecule has 1 rings (SSSR count). The first-order valence-electron chi connectivity index (χ1n) is 7.05. The zero-order valence-electron chi connectivity index (χ0n) is 12.0. The second-order valence-corrected chi connectivity index (χ2v) is 6.45. The molecule has 1 saturated carbocycles. The van der Waals surface area contributed by atoms with Gasteiger partial charge >= 0.3 is 0 Å². The van der Waals surface area contributed by atoms with Gasteiger partial charge in [-0.15, -0.1) is 0 Å². The molecular weight excluding hydrogens is 228 g/mol. The number of hydrogen-bond donors (Lipinski definition) is 1. The summed E-state index contributed by atoms with van der Waals surface area (Å²) < 4.78 is 0. The van der Waals surface area contributed by atoms with E-state index in [1.807, 2.05) is 11.8 Å². The summed E-state index contributed by atoms with van der Waals surface area (Å²) in [5, 5.41) is 3.54. The van der Waals surface area contributed by atoms with Gasteiger partial charge < -0.3 is 10.2 Å². The smallest absolute Gasteiger partial charge is 0.0155 e. The molecule has 0 spiro atoms. The van der Waals surface area contributed by atoms with Crippen molar-refractivity contribution >= 4 is 11.8 Å². The van der Waals surface area contributed by atoms with Gasteiger partial charge in [0.25, 0.3) is 0 Å². The topological polar surface area (TPSA) is 15.3 Å². The van der Waals surface area contributed by atoms with E-state index in [-0.39, 0.29) is 0 Å². The van der Waals surface area contributed by atoms with Crippen LogP contribution in [0.2, 0.25) is 0 Å². The molecule has 0 bridgehead atoms. The zero-order chi connectivity index (χ0) is 12.7. The molecule has 0 amide bonds. The lowest BCUT2D eigenvalue weighted by Crippen LogP contribution is -2.42. The highest BCUT2D eigenvalue weighted by molar-refractivity contribution is 7.98. The minimum Gasteiger partial charge on any atom is -0.317 e. The van der Waals surface area contributed by atoms with Crippen LogP contribution in [-0.4, -0.2) is 49.6 Å². The van der Waals surface area contributed by atoms with E-state index in [0.717, 1.165) is 12.0 Å². The van der Waals surface area contributed by atoms with Crippen molar-refractivity contribution in [3.63, 3.8) is 0 Å². The fraction of sp³-hybridized carbons (Fsp3) is 1.00. The molecule has 102 valence electrons. The summed E-state index contributed by atoms with van der Waals surface area (Å²) >= 11 is 1.95. The van der Waals surface area contributed by atoms with Crippen molar-refractivity contribution in [2.75, 3.05) is 32.6 Å². The van der Waals surface area contributed by atoms with Crippen molar-refractivity contribution in [2.24, 2.45) is 5.92 Å². The Balaban J connectivity index is 2.45. The molecule has 3 atom stereocenters. The van der Waals surface area contributed by atoms with E-state index in [1.54, 1.807) is 0 Å². The van der Waals surface area contributed by atoms with Gasteiger partial charge in [0.15, 0.2) is 0 Å². The second-order valence-electron chi connectivity index (χ2n) is 5.54. The van der Waals surface area contributed by atoms with Gasteiger partial charge in [0.2, 0.25) is 0 Å². The van der Waals surface area contributed by atoms with Crippen LogP contribution in [-0.2, 0) is 0 Å². The molecule has 1 aliphatic carbocycles. The van der Waals surface area contributed by atoms with Gasteiger partial charge in [-0.25, -0.2) is 0 Å². The molecule has 0 aromatic carbocycles. The van der Waals surface area contributed by atoms with Gasteiger partial charge in [-0.3, -0.25) is 0 Å². The van der Waals surface area contributed by atoms with Gasteiger partial charge in [-0.05, 0) is 46.0 Å². The van der Waals surface area contributed by atoms with Crippen molar-refractivity contribution in [3.8, 4) is 0 Å². The third-order valence-corrected chi connectivity index (χ3v) is 5.03. The predicted molar refractivity (Wildman–Crippen MR) is 79.9 cm³/mol. The molecule has 17 heavy (non-hydrogen) atoms. The van der Waals surface area contributed by atoms with Crippen molar-refractivity contribution < 1.29 is 0 Å². The van der Waals surface area contributed by atoms with Gasteiger partial charge in [0.05, 0.1) is 0 Å². The Kier molecular flexibility index (Phi) is 7.56. The SMILES string of the molecule is CNC1CCCCCC1CN(C)C(C)CSC. The maximum Gasteiger partial charge on any atom is 0.0155 e. The average Bonchev–Trinajstić information content (AvgIpc) is 2.54. The van der Waals surface area contributed by atoms with Crippen molar-refractivity contribution in [1.82, 2.24) is 10.2 Å². The van der Waals surface area contributed by atoms with Crippen molar-refractivity contribution in [2.45, 2.75) is 51.1 Å². The van der Waals surface area contributed by atoms with Gasteiger partial charge in [0, 0.05) is 24.4 Å². The Morgan fingerprint density at radius 3 is 2.65 bits per heavy atom. The second kappa shape index (κ2) is 8.39. The van der Waals surface area contributed by atoms with Crippen LogP contribution in [0.4, 0.5) is 0 Å². The van der Waals surface area contributed by atoms with Crippen LogP contribution in [0.1, 0.15) is 39.0 Å². The number of rotatable bonds is 6. The van der Waals surface area contributed by atoms with E-state index in [1.165, 1.54) is 44.4 Å². The summed E-state index contributed by atoms with van der Waals surface area (Å²) in [6.45, 7) is 3.61. The van der Waals surface area contributed by atoms with E-state index in [2.05, 4.69) is 37.5 Å². The van der Waals surface area contributed by atoms with Crippen molar-refractivity contribution in [1.29, 1.82) is 0 Å². The lowest BCUT2D eigenvalue weighted by molar-refractivity contribution is 0.199. The highest BCUT2D eigenvalue weighted by atomic mass is 32.2. The normalized spacial score (nSPS) is 28.1. The van der Waals surface area contributed by atoms with Crippen LogP contribution in [0.5, 0.6) is 0 Å². The lowest BCUT2D eigenvalue weighted by Gasteiger charge is -2.32. The zero-order valence-corrected chi connectivity index (χ0v) is 12.9. The summed E-state index contributed by atoms with van der Waals surface area (Å²) in [7, 11) is 4.42. The first-order chi connectivity index (χ1) is 8.19. The fourth-order valence-electron chi connectivity index (χ4n) is 2.90. The Labute approximate surface area is 112 Å². The fourth-order valence-corrected chi connectivity index (χ4v) is 3.64. The van der Waals surface area contributed by atoms with Crippen LogP contribution in [0, 0.1) is 5.92 Å². The molecule has 0 saturated heterocycles. The number of nitrogens with one attached hydrogen (secondary N) is 1. The molecule has 3 heteroatoms. The summed E-state index contributed by atoms with van der Waals surface area (Å²) in [5.74, 6) is 2.09. The number of nitrogens with zero attached hydrogens (tertiary/aromatic N) is 1. The van der Waals surface area contributed by atoms with Crippen LogP contribution in [0.15, 0.2) is 0 Å². The third kappa shape index (κ3) is 5.19.